The van der Waals surface area contributed by atoms with Gasteiger partial charge in [0.15, 0.2) is 4.90 Å². The molecule has 0 radical (unpaired) electrons. The first kappa shape index (κ1) is 23.2. The molecule has 1 saturated heterocycles. The third-order valence-corrected chi connectivity index (χ3v) is 7.22. The van der Waals surface area contributed by atoms with Crippen LogP contribution >= 0.6 is 0 Å². The lowest BCUT2D eigenvalue weighted by Crippen LogP contribution is -2.27. The van der Waals surface area contributed by atoms with E-state index in [4.69, 9.17) is 0 Å². The van der Waals surface area contributed by atoms with Gasteiger partial charge in [-0.1, -0.05) is 38.8 Å². The standard InChI is InChI=1S/C24H38N4OS/c1-18(2)17-23-24(19(3)28(4)26-23)27-30(29)22-11-9-20(10-12-22)7-5-6-8-21-13-15-25-16-14-21/h9-12,18,21,25,27H,5-8,13-17H2,1-4H3. The molecule has 1 aliphatic rings. The van der Waals surface area contributed by atoms with Gasteiger partial charge in [0.1, 0.15) is 17.0 Å². The third-order valence-electron chi connectivity index (χ3n) is 6.13. The molecule has 0 amide bonds. The maximum absolute atomic E-state index is 12.9. The number of nitrogens with zero attached hydrogens (tertiary/aromatic N) is 2. The summed E-state index contributed by atoms with van der Waals surface area (Å²) in [5.74, 6) is 1.42. The molecule has 0 spiro atoms. The summed E-state index contributed by atoms with van der Waals surface area (Å²) in [5.41, 5.74) is 4.25. The maximum Gasteiger partial charge on any atom is 0.179 e. The van der Waals surface area contributed by atoms with Crippen LogP contribution in [0.2, 0.25) is 0 Å². The van der Waals surface area contributed by atoms with E-state index in [1.807, 2.05) is 30.8 Å². The minimum atomic E-state index is -1.28. The molecule has 166 valence electrons. The van der Waals surface area contributed by atoms with Crippen molar-refractivity contribution in [1.82, 2.24) is 15.1 Å². The van der Waals surface area contributed by atoms with E-state index in [0.29, 0.717) is 5.92 Å². The van der Waals surface area contributed by atoms with E-state index in [1.54, 1.807) is 0 Å². The normalized spacial score (nSPS) is 16.2. The second kappa shape index (κ2) is 11.2. The molecule has 3 rings (SSSR count). The van der Waals surface area contributed by atoms with Crippen LogP contribution in [-0.4, -0.2) is 27.4 Å². The lowest BCUT2D eigenvalue weighted by atomic mass is 9.92. The van der Waals surface area contributed by atoms with Crippen molar-refractivity contribution < 1.29 is 4.55 Å². The molecule has 0 saturated carbocycles. The highest BCUT2D eigenvalue weighted by molar-refractivity contribution is 7.92. The summed E-state index contributed by atoms with van der Waals surface area (Å²) in [4.78, 5) is 0.812. The molecule has 0 bridgehead atoms. The zero-order chi connectivity index (χ0) is 21.5. The van der Waals surface area contributed by atoms with Crippen molar-refractivity contribution in [2.45, 2.75) is 70.6 Å². The van der Waals surface area contributed by atoms with Crippen molar-refractivity contribution in [3.05, 3.63) is 41.2 Å². The highest BCUT2D eigenvalue weighted by Crippen LogP contribution is 2.26. The molecular formula is C24H38N4OS. The Morgan fingerprint density at radius 2 is 1.90 bits per heavy atom. The molecule has 1 aliphatic heterocycles. The van der Waals surface area contributed by atoms with Crippen LogP contribution in [0.3, 0.4) is 0 Å². The number of rotatable bonds is 10. The van der Waals surface area contributed by atoms with Crippen molar-refractivity contribution >= 4 is 17.0 Å². The largest absolute Gasteiger partial charge is 0.588 e. The van der Waals surface area contributed by atoms with E-state index in [2.05, 4.69) is 41.1 Å². The molecule has 2 N–H and O–H groups in total. The number of aryl methyl sites for hydroxylation is 2. The van der Waals surface area contributed by atoms with Gasteiger partial charge in [-0.05, 0) is 81.6 Å². The van der Waals surface area contributed by atoms with Gasteiger partial charge >= 0.3 is 0 Å². The number of aromatic nitrogens is 2. The second-order valence-electron chi connectivity index (χ2n) is 9.08. The lowest BCUT2D eigenvalue weighted by Gasteiger charge is -2.22. The number of hydrogen-bond donors (Lipinski definition) is 2. The zero-order valence-electron chi connectivity index (χ0n) is 19.0. The van der Waals surface area contributed by atoms with Gasteiger partial charge < -0.3 is 9.87 Å². The smallest absolute Gasteiger partial charge is 0.179 e. The molecule has 1 aromatic heterocycles. The Labute approximate surface area is 185 Å². The van der Waals surface area contributed by atoms with E-state index >= 15 is 0 Å². The van der Waals surface area contributed by atoms with Gasteiger partial charge in [-0.2, -0.15) is 9.82 Å². The minimum absolute atomic E-state index is 0.502. The van der Waals surface area contributed by atoms with E-state index in [1.165, 1.54) is 50.8 Å². The van der Waals surface area contributed by atoms with Crippen LogP contribution in [0, 0.1) is 18.8 Å². The molecule has 1 aromatic carbocycles. The van der Waals surface area contributed by atoms with Gasteiger partial charge in [0.05, 0.1) is 11.4 Å². The second-order valence-corrected chi connectivity index (χ2v) is 10.3. The van der Waals surface area contributed by atoms with Gasteiger partial charge in [-0.15, -0.1) is 0 Å². The Morgan fingerprint density at radius 1 is 1.20 bits per heavy atom. The van der Waals surface area contributed by atoms with Crippen molar-refractivity contribution in [1.29, 1.82) is 0 Å². The van der Waals surface area contributed by atoms with Crippen LogP contribution in [0.4, 0.5) is 5.69 Å². The van der Waals surface area contributed by atoms with Crippen LogP contribution in [-0.2, 0) is 31.3 Å². The predicted molar refractivity (Wildman–Crippen MR) is 126 cm³/mol. The highest BCUT2D eigenvalue weighted by atomic mass is 32.2. The van der Waals surface area contributed by atoms with Crippen LogP contribution < -0.4 is 10.0 Å². The fraction of sp³-hybridized carbons (Fsp3) is 0.625. The number of hydrogen-bond acceptors (Lipinski definition) is 4. The fourth-order valence-corrected chi connectivity index (χ4v) is 5.15. The Kier molecular flexibility index (Phi) is 8.66. The van der Waals surface area contributed by atoms with Crippen LogP contribution in [0.25, 0.3) is 0 Å². The average molecular weight is 431 g/mol. The summed E-state index contributed by atoms with van der Waals surface area (Å²) in [7, 11) is 1.94. The molecule has 2 heterocycles. The van der Waals surface area contributed by atoms with E-state index in [0.717, 1.165) is 40.7 Å². The Morgan fingerprint density at radius 3 is 2.57 bits per heavy atom. The van der Waals surface area contributed by atoms with Gasteiger partial charge in [-0.25, -0.2) is 0 Å². The van der Waals surface area contributed by atoms with Crippen molar-refractivity contribution in [2.75, 3.05) is 17.8 Å². The molecule has 1 atom stereocenters. The zero-order valence-corrected chi connectivity index (χ0v) is 19.9. The van der Waals surface area contributed by atoms with Crippen LogP contribution in [0.15, 0.2) is 29.2 Å². The SMILES string of the molecule is Cc1c(N[S+]([O-])c2ccc(CCCCC3CCNCC3)cc2)c(CC(C)C)nn1C. The van der Waals surface area contributed by atoms with Crippen molar-refractivity contribution in [3.63, 3.8) is 0 Å². The topological polar surface area (TPSA) is 64.9 Å². The maximum atomic E-state index is 12.9. The Hall–Kier alpha value is -1.50. The van der Waals surface area contributed by atoms with E-state index in [-0.39, 0.29) is 0 Å². The van der Waals surface area contributed by atoms with Gasteiger partial charge in [0.2, 0.25) is 0 Å². The Bertz CT molecular complexity index is 781. The molecule has 1 fully saturated rings. The van der Waals surface area contributed by atoms with Crippen molar-refractivity contribution in [3.8, 4) is 0 Å². The molecule has 30 heavy (non-hydrogen) atoms. The summed E-state index contributed by atoms with van der Waals surface area (Å²) in [6.45, 7) is 8.75. The predicted octanol–water partition coefficient (Wildman–Crippen LogP) is 4.77. The first-order chi connectivity index (χ1) is 14.4. The van der Waals surface area contributed by atoms with Crippen molar-refractivity contribution in [2.24, 2.45) is 18.9 Å². The quantitative estimate of drug-likeness (QED) is 0.421. The number of nitrogens with one attached hydrogen (secondary N) is 2. The number of anilines is 1. The number of piperidine rings is 1. The first-order valence-corrected chi connectivity index (χ1v) is 12.6. The average Bonchev–Trinajstić information content (AvgIpc) is 2.99. The summed E-state index contributed by atoms with van der Waals surface area (Å²) in [6.07, 6.45) is 8.54. The summed E-state index contributed by atoms with van der Waals surface area (Å²) in [5, 5.41) is 8.04. The molecule has 2 aromatic rings. The number of unbranched alkanes of at least 4 members (excludes halogenated alkanes) is 1. The monoisotopic (exact) mass is 430 g/mol. The van der Waals surface area contributed by atoms with E-state index < -0.39 is 11.4 Å². The first-order valence-electron chi connectivity index (χ1n) is 11.4. The van der Waals surface area contributed by atoms with Crippen LogP contribution in [0.1, 0.15) is 62.9 Å². The summed E-state index contributed by atoms with van der Waals surface area (Å²) in [6, 6.07) is 8.26. The Balaban J connectivity index is 1.51. The number of benzene rings is 1. The molecule has 1 unspecified atom stereocenters. The summed E-state index contributed by atoms with van der Waals surface area (Å²) < 4.78 is 18.0. The molecule has 5 nitrogen and oxygen atoms in total. The summed E-state index contributed by atoms with van der Waals surface area (Å²) >= 11 is -1.28. The van der Waals surface area contributed by atoms with E-state index in [9.17, 15) is 4.55 Å². The minimum Gasteiger partial charge on any atom is -0.588 e. The van der Waals surface area contributed by atoms with Gasteiger partial charge in [-0.3, -0.25) is 4.68 Å². The van der Waals surface area contributed by atoms with Gasteiger partial charge in [0, 0.05) is 7.05 Å². The molecule has 0 aliphatic carbocycles. The van der Waals surface area contributed by atoms with Gasteiger partial charge in [0.25, 0.3) is 0 Å². The molecule has 6 heteroatoms. The van der Waals surface area contributed by atoms with Crippen LogP contribution in [0.5, 0.6) is 0 Å². The third kappa shape index (κ3) is 6.50. The highest BCUT2D eigenvalue weighted by Gasteiger charge is 2.20. The lowest BCUT2D eigenvalue weighted by molar-refractivity contribution is 0.344. The molecular weight excluding hydrogens is 392 g/mol. The fourth-order valence-electron chi connectivity index (χ4n) is 4.20.